The minimum absolute atomic E-state index is 0.0504. The van der Waals surface area contributed by atoms with Gasteiger partial charge in [-0.1, -0.05) is 12.1 Å². The summed E-state index contributed by atoms with van der Waals surface area (Å²) in [5.74, 6) is 1.21. The zero-order chi connectivity index (χ0) is 16.9. The van der Waals surface area contributed by atoms with Crippen molar-refractivity contribution in [1.82, 2.24) is 0 Å². The highest BCUT2D eigenvalue weighted by atomic mass is 16.6. The molecule has 1 aromatic heterocycles. The van der Waals surface area contributed by atoms with Crippen molar-refractivity contribution in [3.8, 4) is 11.3 Å². The zero-order valence-corrected chi connectivity index (χ0v) is 13.0. The molecule has 2 aromatic carbocycles. The molecule has 0 radical (unpaired) electrons. The van der Waals surface area contributed by atoms with E-state index in [4.69, 9.17) is 4.42 Å². The number of anilines is 1. The van der Waals surface area contributed by atoms with E-state index in [1.807, 2.05) is 31.2 Å². The van der Waals surface area contributed by atoms with Crippen molar-refractivity contribution in [2.75, 3.05) is 5.43 Å². The summed E-state index contributed by atoms with van der Waals surface area (Å²) in [6.07, 6.45) is 1.58. The second-order valence-electron chi connectivity index (χ2n) is 5.25. The van der Waals surface area contributed by atoms with Crippen LogP contribution in [0.4, 0.5) is 11.4 Å². The fraction of sp³-hybridized carbons (Fsp3) is 0.0556. The number of non-ortho nitro benzene ring substituents is 1. The third kappa shape index (κ3) is 3.67. The average molecular weight is 321 g/mol. The largest absolute Gasteiger partial charge is 0.455 e. The van der Waals surface area contributed by atoms with E-state index in [9.17, 15) is 10.1 Å². The van der Waals surface area contributed by atoms with Crippen molar-refractivity contribution in [1.29, 1.82) is 0 Å². The molecule has 6 heteroatoms. The van der Waals surface area contributed by atoms with Gasteiger partial charge in [0.1, 0.15) is 11.5 Å². The SMILES string of the molecule is Cc1cccc(N/N=C\c2ccc(-c3ccc([N+](=O)[O-])cc3)o2)c1. The standard InChI is InChI=1S/C18H15N3O3/c1-13-3-2-4-15(11-13)20-19-12-17-9-10-18(24-17)14-5-7-16(8-6-14)21(22)23/h2-12,20H,1H3/b19-12-. The number of rotatable bonds is 5. The third-order valence-electron chi connectivity index (χ3n) is 3.39. The molecule has 120 valence electrons. The molecule has 0 atom stereocenters. The molecule has 0 bridgehead atoms. The van der Waals surface area contributed by atoms with Gasteiger partial charge in [0, 0.05) is 17.7 Å². The van der Waals surface area contributed by atoms with Crippen LogP contribution in [-0.4, -0.2) is 11.1 Å². The van der Waals surface area contributed by atoms with Crippen molar-refractivity contribution in [3.05, 3.63) is 82.1 Å². The van der Waals surface area contributed by atoms with Crippen LogP contribution < -0.4 is 5.43 Å². The normalized spacial score (nSPS) is 10.9. The Labute approximate surface area is 138 Å². The predicted molar refractivity (Wildman–Crippen MR) is 93.2 cm³/mol. The summed E-state index contributed by atoms with van der Waals surface area (Å²) in [5, 5.41) is 14.8. The highest BCUT2D eigenvalue weighted by molar-refractivity contribution is 5.78. The van der Waals surface area contributed by atoms with Crippen LogP contribution in [0.15, 0.2) is 70.2 Å². The van der Waals surface area contributed by atoms with Gasteiger partial charge in [-0.15, -0.1) is 0 Å². The smallest absolute Gasteiger partial charge is 0.269 e. The summed E-state index contributed by atoms with van der Waals surface area (Å²) >= 11 is 0. The topological polar surface area (TPSA) is 80.7 Å². The molecule has 0 aliphatic heterocycles. The first-order valence-corrected chi connectivity index (χ1v) is 7.32. The van der Waals surface area contributed by atoms with Gasteiger partial charge in [0.15, 0.2) is 0 Å². The van der Waals surface area contributed by atoms with Crippen molar-refractivity contribution in [3.63, 3.8) is 0 Å². The number of furan rings is 1. The van der Waals surface area contributed by atoms with Gasteiger partial charge in [0.05, 0.1) is 16.8 Å². The maximum atomic E-state index is 10.7. The summed E-state index contributed by atoms with van der Waals surface area (Å²) in [7, 11) is 0. The van der Waals surface area contributed by atoms with E-state index in [0.717, 1.165) is 16.8 Å². The number of hydrazone groups is 1. The van der Waals surface area contributed by atoms with Gasteiger partial charge >= 0.3 is 0 Å². The Kier molecular flexibility index (Phi) is 4.38. The average Bonchev–Trinajstić information content (AvgIpc) is 3.04. The van der Waals surface area contributed by atoms with Crippen molar-refractivity contribution >= 4 is 17.6 Å². The zero-order valence-electron chi connectivity index (χ0n) is 13.0. The van der Waals surface area contributed by atoms with Crippen LogP contribution in [0.3, 0.4) is 0 Å². The van der Waals surface area contributed by atoms with Gasteiger partial charge in [-0.25, -0.2) is 0 Å². The van der Waals surface area contributed by atoms with Crippen molar-refractivity contribution in [2.24, 2.45) is 5.10 Å². The van der Waals surface area contributed by atoms with Crippen LogP contribution in [0.2, 0.25) is 0 Å². The molecule has 0 aliphatic carbocycles. The highest BCUT2D eigenvalue weighted by Crippen LogP contribution is 2.24. The molecule has 0 amide bonds. The molecule has 0 fully saturated rings. The van der Waals surface area contributed by atoms with E-state index >= 15 is 0 Å². The quantitative estimate of drug-likeness (QED) is 0.423. The van der Waals surface area contributed by atoms with Crippen molar-refractivity contribution in [2.45, 2.75) is 6.92 Å². The Hall–Kier alpha value is -3.41. The number of benzene rings is 2. The highest BCUT2D eigenvalue weighted by Gasteiger charge is 2.07. The summed E-state index contributed by atoms with van der Waals surface area (Å²) in [5.41, 5.74) is 5.80. The maximum Gasteiger partial charge on any atom is 0.269 e. The molecular formula is C18H15N3O3. The number of aryl methyl sites for hydroxylation is 1. The molecule has 0 unspecified atom stereocenters. The van der Waals surface area contributed by atoms with Crippen LogP contribution in [0, 0.1) is 17.0 Å². The minimum atomic E-state index is -0.430. The molecule has 1 N–H and O–H groups in total. The molecule has 6 nitrogen and oxygen atoms in total. The van der Waals surface area contributed by atoms with E-state index in [0.29, 0.717) is 11.5 Å². The Morgan fingerprint density at radius 3 is 2.62 bits per heavy atom. The minimum Gasteiger partial charge on any atom is -0.455 e. The second-order valence-corrected chi connectivity index (χ2v) is 5.25. The fourth-order valence-corrected chi connectivity index (χ4v) is 2.21. The van der Waals surface area contributed by atoms with E-state index in [1.54, 1.807) is 30.5 Å². The van der Waals surface area contributed by atoms with Crippen LogP contribution in [0.1, 0.15) is 11.3 Å². The van der Waals surface area contributed by atoms with Gasteiger partial charge in [0.2, 0.25) is 0 Å². The predicted octanol–water partition coefficient (Wildman–Crippen LogP) is 4.61. The molecule has 0 aliphatic rings. The Morgan fingerprint density at radius 2 is 1.92 bits per heavy atom. The monoisotopic (exact) mass is 321 g/mol. The lowest BCUT2D eigenvalue weighted by atomic mass is 10.1. The molecule has 3 rings (SSSR count). The van der Waals surface area contributed by atoms with Gasteiger partial charge < -0.3 is 4.42 Å². The number of hydrogen-bond donors (Lipinski definition) is 1. The first-order valence-electron chi connectivity index (χ1n) is 7.32. The van der Waals surface area contributed by atoms with Crippen LogP contribution in [0.25, 0.3) is 11.3 Å². The second kappa shape index (κ2) is 6.78. The van der Waals surface area contributed by atoms with Crippen LogP contribution >= 0.6 is 0 Å². The number of nitro groups is 1. The van der Waals surface area contributed by atoms with E-state index in [-0.39, 0.29) is 5.69 Å². The number of nitro benzene ring substituents is 1. The van der Waals surface area contributed by atoms with E-state index in [1.165, 1.54) is 12.1 Å². The number of hydrogen-bond acceptors (Lipinski definition) is 5. The van der Waals surface area contributed by atoms with Gasteiger partial charge in [-0.2, -0.15) is 5.10 Å². The Bertz CT molecular complexity index is 883. The van der Waals surface area contributed by atoms with Crippen LogP contribution in [-0.2, 0) is 0 Å². The molecule has 3 aromatic rings. The number of nitrogens with zero attached hydrogens (tertiary/aromatic N) is 2. The molecule has 24 heavy (non-hydrogen) atoms. The summed E-state index contributed by atoms with van der Waals surface area (Å²) in [6.45, 7) is 2.01. The van der Waals surface area contributed by atoms with Crippen molar-refractivity contribution < 1.29 is 9.34 Å². The van der Waals surface area contributed by atoms with Crippen LogP contribution in [0.5, 0.6) is 0 Å². The van der Waals surface area contributed by atoms with Gasteiger partial charge in [-0.3, -0.25) is 15.5 Å². The molecular weight excluding hydrogens is 306 g/mol. The first-order chi connectivity index (χ1) is 11.6. The Balaban J connectivity index is 1.69. The summed E-state index contributed by atoms with van der Waals surface area (Å²) < 4.78 is 5.67. The van der Waals surface area contributed by atoms with E-state index < -0.39 is 4.92 Å². The molecule has 1 heterocycles. The number of nitrogens with one attached hydrogen (secondary N) is 1. The maximum absolute atomic E-state index is 10.7. The lowest BCUT2D eigenvalue weighted by Crippen LogP contribution is -1.89. The first kappa shape index (κ1) is 15.5. The summed E-state index contributed by atoms with van der Waals surface area (Å²) in [4.78, 5) is 10.2. The van der Waals surface area contributed by atoms with Gasteiger partial charge in [-0.05, 0) is 48.9 Å². The lowest BCUT2D eigenvalue weighted by molar-refractivity contribution is -0.384. The molecule has 0 saturated heterocycles. The summed E-state index contributed by atoms with van der Waals surface area (Å²) in [6, 6.07) is 17.7. The molecule has 0 spiro atoms. The third-order valence-corrected chi connectivity index (χ3v) is 3.39. The Morgan fingerprint density at radius 1 is 1.12 bits per heavy atom. The molecule has 0 saturated carbocycles. The van der Waals surface area contributed by atoms with E-state index in [2.05, 4.69) is 10.5 Å². The lowest BCUT2D eigenvalue weighted by Gasteiger charge is -2.00. The fourth-order valence-electron chi connectivity index (χ4n) is 2.21. The van der Waals surface area contributed by atoms with Gasteiger partial charge in [0.25, 0.3) is 5.69 Å².